The van der Waals surface area contributed by atoms with Gasteiger partial charge in [0.2, 0.25) is 5.95 Å². The highest BCUT2D eigenvalue weighted by Crippen LogP contribution is 2.40. The number of nitrogens with one attached hydrogen (secondary N) is 2. The van der Waals surface area contributed by atoms with Gasteiger partial charge in [-0.15, -0.1) is 0 Å². The van der Waals surface area contributed by atoms with E-state index in [0.717, 1.165) is 81.5 Å². The number of hydrogen-bond donors (Lipinski definition) is 2. The lowest BCUT2D eigenvalue weighted by Gasteiger charge is -2.30. The lowest BCUT2D eigenvalue weighted by molar-refractivity contribution is 0.0908. The zero-order chi connectivity index (χ0) is 34.3. The standard InChI is InChI=1S/C40H43BrN6O2/c1-40(2)22-35-32(36(48)23-40)21-34(26-14-16-28(41)17-15-26)47(35)30-9-7-8-27(20-30)38(49)42-24-25-12-18-29(19-13-25)43-39-44-33-11-6-5-10-31(33)37(45-39)46(3)4/h5-11,14-17,20-21,25,29H,12-13,18-19,22-24H2,1-4H3,(H,42,49)(H,43,44,45)/t25-,29+. The molecule has 1 fully saturated rings. The Hall–Kier alpha value is -4.50. The average molecular weight is 720 g/mol. The summed E-state index contributed by atoms with van der Waals surface area (Å²) in [5.74, 6) is 2.08. The minimum Gasteiger partial charge on any atom is -0.362 e. The van der Waals surface area contributed by atoms with Gasteiger partial charge in [0.25, 0.3) is 5.91 Å². The van der Waals surface area contributed by atoms with Crippen LogP contribution in [0.3, 0.4) is 0 Å². The molecule has 8 nitrogen and oxygen atoms in total. The van der Waals surface area contributed by atoms with E-state index in [0.29, 0.717) is 36.4 Å². The molecule has 0 unspecified atom stereocenters. The zero-order valence-corrected chi connectivity index (χ0v) is 30.2. The third kappa shape index (κ3) is 6.99. The van der Waals surface area contributed by atoms with Crippen LogP contribution >= 0.6 is 15.9 Å². The number of carbonyl (C=O) groups excluding carboxylic acids is 2. The van der Waals surface area contributed by atoms with Crippen LogP contribution in [-0.2, 0) is 6.42 Å². The second kappa shape index (κ2) is 13.4. The molecule has 49 heavy (non-hydrogen) atoms. The molecule has 2 aliphatic rings. The molecule has 1 amide bonds. The number of rotatable bonds is 8. The predicted molar refractivity (Wildman–Crippen MR) is 201 cm³/mol. The second-order valence-electron chi connectivity index (χ2n) is 14.6. The second-order valence-corrected chi connectivity index (χ2v) is 15.5. The van der Waals surface area contributed by atoms with E-state index in [4.69, 9.17) is 9.97 Å². The molecular weight excluding hydrogens is 676 g/mol. The Kier molecular flexibility index (Phi) is 9.05. The monoisotopic (exact) mass is 718 g/mol. The molecule has 3 aromatic carbocycles. The van der Waals surface area contributed by atoms with Gasteiger partial charge in [-0.2, -0.15) is 4.98 Å². The first-order chi connectivity index (χ1) is 23.5. The number of hydrogen-bond acceptors (Lipinski definition) is 6. The normalized spacial score (nSPS) is 18.6. The Labute approximate surface area is 296 Å². The van der Waals surface area contributed by atoms with Gasteiger partial charge in [-0.3, -0.25) is 9.59 Å². The average Bonchev–Trinajstić information content (AvgIpc) is 3.46. The van der Waals surface area contributed by atoms with E-state index in [1.54, 1.807) is 0 Å². The van der Waals surface area contributed by atoms with Crippen molar-refractivity contribution in [3.8, 4) is 16.9 Å². The molecular formula is C40H43BrN6O2. The molecule has 0 aliphatic heterocycles. The van der Waals surface area contributed by atoms with Crippen LogP contribution in [0, 0.1) is 11.3 Å². The van der Waals surface area contributed by atoms with Gasteiger partial charge in [0.1, 0.15) is 5.82 Å². The minimum atomic E-state index is -0.141. The van der Waals surface area contributed by atoms with Crippen molar-refractivity contribution in [3.63, 3.8) is 0 Å². The van der Waals surface area contributed by atoms with Crippen LogP contribution in [-0.4, -0.2) is 52.9 Å². The zero-order valence-electron chi connectivity index (χ0n) is 28.6. The number of fused-ring (bicyclic) bond motifs is 2. The van der Waals surface area contributed by atoms with E-state index >= 15 is 0 Å². The summed E-state index contributed by atoms with van der Waals surface area (Å²) >= 11 is 3.55. The number of nitrogens with zero attached hydrogens (tertiary/aromatic N) is 4. The van der Waals surface area contributed by atoms with E-state index < -0.39 is 0 Å². The summed E-state index contributed by atoms with van der Waals surface area (Å²) in [6.45, 7) is 4.94. The molecule has 0 spiro atoms. The van der Waals surface area contributed by atoms with Crippen LogP contribution < -0.4 is 15.5 Å². The van der Waals surface area contributed by atoms with Gasteiger partial charge in [-0.1, -0.05) is 60.1 Å². The number of Topliss-reactive ketones (excluding diaryl/α,β-unsaturated/α-hetero) is 1. The molecule has 0 bridgehead atoms. The van der Waals surface area contributed by atoms with Crippen LogP contribution in [0.1, 0.15) is 72.4 Å². The third-order valence-corrected chi connectivity index (χ3v) is 10.5. The molecule has 2 aromatic heterocycles. The van der Waals surface area contributed by atoms with Crippen LogP contribution in [0.4, 0.5) is 11.8 Å². The molecule has 1 saturated carbocycles. The molecule has 9 heteroatoms. The molecule has 7 rings (SSSR count). The van der Waals surface area contributed by atoms with Crippen molar-refractivity contribution < 1.29 is 9.59 Å². The Bertz CT molecular complexity index is 2020. The van der Waals surface area contributed by atoms with Gasteiger partial charge in [0.05, 0.1) is 11.2 Å². The van der Waals surface area contributed by atoms with Crippen LogP contribution in [0.2, 0.25) is 0 Å². The Morgan fingerprint density at radius 3 is 2.45 bits per heavy atom. The molecule has 2 heterocycles. The first-order valence-corrected chi connectivity index (χ1v) is 18.0. The Morgan fingerprint density at radius 1 is 0.939 bits per heavy atom. The third-order valence-electron chi connectivity index (χ3n) is 9.93. The number of para-hydroxylation sites is 1. The Morgan fingerprint density at radius 2 is 1.69 bits per heavy atom. The van der Waals surface area contributed by atoms with E-state index in [1.165, 1.54) is 0 Å². The van der Waals surface area contributed by atoms with Crippen molar-refractivity contribution in [1.82, 2.24) is 19.9 Å². The SMILES string of the molecule is CN(C)c1nc(N[C@H]2CC[C@@H](CNC(=O)c3cccc(-n4c(-c5ccc(Br)cc5)cc5c4CC(C)(C)CC5=O)c3)CC2)nc2ccccc12. The quantitative estimate of drug-likeness (QED) is 0.167. The summed E-state index contributed by atoms with van der Waals surface area (Å²) in [5.41, 5.74) is 6.06. The van der Waals surface area contributed by atoms with E-state index in [1.807, 2.05) is 79.7 Å². The van der Waals surface area contributed by atoms with E-state index in [2.05, 4.69) is 63.2 Å². The van der Waals surface area contributed by atoms with E-state index in [-0.39, 0.29) is 17.1 Å². The van der Waals surface area contributed by atoms with Crippen molar-refractivity contribution in [1.29, 1.82) is 0 Å². The molecule has 2 aliphatic carbocycles. The fraction of sp³-hybridized carbons (Fsp3) is 0.350. The highest BCUT2D eigenvalue weighted by molar-refractivity contribution is 9.10. The summed E-state index contributed by atoms with van der Waals surface area (Å²) in [5, 5.41) is 7.85. The smallest absolute Gasteiger partial charge is 0.251 e. The number of ketones is 1. The minimum absolute atomic E-state index is 0.0782. The summed E-state index contributed by atoms with van der Waals surface area (Å²) in [7, 11) is 4.01. The molecule has 5 aromatic rings. The number of benzene rings is 3. The van der Waals surface area contributed by atoms with Gasteiger partial charge in [0.15, 0.2) is 5.78 Å². The lowest BCUT2D eigenvalue weighted by atomic mass is 9.76. The van der Waals surface area contributed by atoms with Gasteiger partial charge < -0.3 is 20.1 Å². The van der Waals surface area contributed by atoms with Crippen molar-refractivity contribution in [2.45, 2.75) is 58.4 Å². The summed E-state index contributed by atoms with van der Waals surface area (Å²) in [4.78, 5) is 38.5. The van der Waals surface area contributed by atoms with Gasteiger partial charge in [0, 0.05) is 65.5 Å². The molecule has 252 valence electrons. The fourth-order valence-corrected chi connectivity index (χ4v) is 7.69. The van der Waals surface area contributed by atoms with Crippen LogP contribution in [0.15, 0.2) is 83.3 Å². The number of amides is 1. The molecule has 0 saturated heterocycles. The van der Waals surface area contributed by atoms with Crippen LogP contribution in [0.25, 0.3) is 27.8 Å². The van der Waals surface area contributed by atoms with Gasteiger partial charge >= 0.3 is 0 Å². The topological polar surface area (TPSA) is 92.2 Å². The highest BCUT2D eigenvalue weighted by atomic mass is 79.9. The number of halogens is 1. The fourth-order valence-electron chi connectivity index (χ4n) is 7.42. The maximum absolute atomic E-state index is 13.5. The first-order valence-electron chi connectivity index (χ1n) is 17.2. The van der Waals surface area contributed by atoms with E-state index in [9.17, 15) is 9.59 Å². The van der Waals surface area contributed by atoms with Crippen LogP contribution in [0.5, 0.6) is 0 Å². The maximum Gasteiger partial charge on any atom is 0.251 e. The number of carbonyl (C=O) groups is 2. The maximum atomic E-state index is 13.5. The highest BCUT2D eigenvalue weighted by Gasteiger charge is 2.35. The largest absolute Gasteiger partial charge is 0.362 e. The summed E-state index contributed by atoms with van der Waals surface area (Å²) in [6.07, 6.45) is 5.33. The van der Waals surface area contributed by atoms with Gasteiger partial charge in [-0.05, 0) is 97.5 Å². The molecule has 2 N–H and O–H groups in total. The van der Waals surface area contributed by atoms with Gasteiger partial charge in [-0.25, -0.2) is 4.98 Å². The predicted octanol–water partition coefficient (Wildman–Crippen LogP) is 8.47. The number of anilines is 2. The van der Waals surface area contributed by atoms with Crippen molar-refractivity contribution >= 4 is 50.3 Å². The Balaban J connectivity index is 1.03. The summed E-state index contributed by atoms with van der Waals surface area (Å²) < 4.78 is 3.18. The number of aromatic nitrogens is 3. The molecule has 0 radical (unpaired) electrons. The van der Waals surface area contributed by atoms with Crippen molar-refractivity contribution in [2.24, 2.45) is 11.3 Å². The first kappa shape index (κ1) is 33.0. The van der Waals surface area contributed by atoms with Crippen molar-refractivity contribution in [3.05, 3.63) is 100 Å². The molecule has 0 atom stereocenters. The van der Waals surface area contributed by atoms with Crippen molar-refractivity contribution in [2.75, 3.05) is 30.9 Å². The summed E-state index contributed by atoms with van der Waals surface area (Å²) in [6, 6.07) is 26.4. The lowest BCUT2D eigenvalue weighted by Crippen LogP contribution is -2.34.